The highest BCUT2D eigenvalue weighted by atomic mass is 19.4. The van der Waals surface area contributed by atoms with Crippen LogP contribution < -0.4 is 4.74 Å². The number of hydrogen-bond donors (Lipinski definition) is 0. The van der Waals surface area contributed by atoms with Gasteiger partial charge < -0.3 is 4.74 Å². The highest BCUT2D eigenvalue weighted by Gasteiger charge is 2.77. The van der Waals surface area contributed by atoms with Crippen molar-refractivity contribution in [1.29, 1.82) is 0 Å². The first-order valence-corrected chi connectivity index (χ1v) is 7.11. The van der Waals surface area contributed by atoms with Crippen LogP contribution in [0.15, 0.2) is 42.5 Å². The monoisotopic (exact) mass is 397 g/mol. The highest BCUT2D eigenvalue weighted by Crippen LogP contribution is 2.47. The summed E-state index contributed by atoms with van der Waals surface area (Å²) in [5.41, 5.74) is 0. The van der Waals surface area contributed by atoms with Gasteiger partial charge in [-0.05, 0) is 11.5 Å². The van der Waals surface area contributed by atoms with E-state index in [0.717, 1.165) is 0 Å². The molecule has 0 spiro atoms. The molecule has 0 saturated carbocycles. The van der Waals surface area contributed by atoms with Crippen LogP contribution in [0.5, 0.6) is 5.75 Å². The van der Waals surface area contributed by atoms with Crippen LogP contribution in [0.25, 0.3) is 10.8 Å². The van der Waals surface area contributed by atoms with Gasteiger partial charge >= 0.3 is 30.0 Å². The predicted molar refractivity (Wildman–Crippen MR) is 78.7 cm³/mol. The first-order valence-electron chi connectivity index (χ1n) is 7.11. The molecule has 0 radical (unpaired) electrons. The van der Waals surface area contributed by atoms with E-state index in [0.29, 0.717) is 17.8 Å². The van der Waals surface area contributed by atoms with Crippen LogP contribution in [0, 0.1) is 0 Å². The van der Waals surface area contributed by atoms with E-state index in [1.807, 2.05) is 0 Å². The average molecular weight is 397 g/mol. The van der Waals surface area contributed by atoms with Crippen molar-refractivity contribution in [1.82, 2.24) is 4.90 Å². The normalized spacial score (nSPS) is 12.7. The molecule has 0 N–H and O–H groups in total. The van der Waals surface area contributed by atoms with Crippen molar-refractivity contribution in [2.45, 2.75) is 18.0 Å². The molecule has 0 bridgehead atoms. The molecule has 27 heavy (non-hydrogen) atoms. The standard InChI is InChI=1S/C16H10F7NO3/c1-24(12(25)14(17,18)15(19,20)16(21,22)23)13(26)27-11-8-4-6-9-5-2-3-7-10(9)11/h2-8H,1H3. The maximum absolute atomic E-state index is 13.4. The zero-order valence-corrected chi connectivity index (χ0v) is 13.4. The summed E-state index contributed by atoms with van der Waals surface area (Å²) in [6.07, 6.45) is -8.55. The van der Waals surface area contributed by atoms with Crippen LogP contribution in [0.1, 0.15) is 0 Å². The van der Waals surface area contributed by atoms with E-state index in [1.165, 1.54) is 18.2 Å². The fraction of sp³-hybridized carbons (Fsp3) is 0.250. The van der Waals surface area contributed by atoms with Gasteiger partial charge in [-0.15, -0.1) is 0 Å². The Morgan fingerprint density at radius 3 is 2.04 bits per heavy atom. The van der Waals surface area contributed by atoms with Crippen LogP contribution in [-0.2, 0) is 4.79 Å². The molecule has 0 aliphatic rings. The number of halogens is 7. The van der Waals surface area contributed by atoms with Gasteiger partial charge in [-0.3, -0.25) is 4.79 Å². The molecule has 0 aliphatic heterocycles. The number of alkyl halides is 7. The Hall–Kier alpha value is -2.85. The van der Waals surface area contributed by atoms with Gasteiger partial charge in [-0.2, -0.15) is 30.7 Å². The molecule has 0 heterocycles. The van der Waals surface area contributed by atoms with Gasteiger partial charge in [0.1, 0.15) is 5.75 Å². The molecule has 0 fully saturated rings. The van der Waals surface area contributed by atoms with Crippen molar-refractivity contribution in [2.24, 2.45) is 0 Å². The number of fused-ring (bicyclic) bond motifs is 1. The molecule has 0 aliphatic carbocycles. The molecule has 2 aromatic carbocycles. The van der Waals surface area contributed by atoms with Gasteiger partial charge in [-0.25, -0.2) is 9.69 Å². The number of nitrogens with zero attached hydrogens (tertiary/aromatic N) is 1. The van der Waals surface area contributed by atoms with E-state index < -0.39 is 34.9 Å². The number of ether oxygens (including phenoxy) is 1. The van der Waals surface area contributed by atoms with Crippen LogP contribution >= 0.6 is 0 Å². The maximum atomic E-state index is 13.4. The molecule has 2 rings (SSSR count). The summed E-state index contributed by atoms with van der Waals surface area (Å²) in [6, 6.07) is 10.5. The van der Waals surface area contributed by atoms with Crippen LogP contribution in [0.3, 0.4) is 0 Å². The molecule has 11 heteroatoms. The second-order valence-electron chi connectivity index (χ2n) is 5.36. The quantitative estimate of drug-likeness (QED) is 0.710. The van der Waals surface area contributed by atoms with Crippen molar-refractivity contribution in [3.8, 4) is 5.75 Å². The average Bonchev–Trinajstić information content (AvgIpc) is 2.59. The summed E-state index contributed by atoms with van der Waals surface area (Å²) in [6.45, 7) is 0. The van der Waals surface area contributed by atoms with Crippen LogP contribution in [0.2, 0.25) is 0 Å². The van der Waals surface area contributed by atoms with E-state index in [-0.39, 0.29) is 5.75 Å². The van der Waals surface area contributed by atoms with Gasteiger partial charge in [0.05, 0.1) is 0 Å². The molecule has 0 atom stereocenters. The summed E-state index contributed by atoms with van der Waals surface area (Å²) in [5.74, 6) is -16.2. The van der Waals surface area contributed by atoms with Gasteiger partial charge in [0.2, 0.25) is 0 Å². The van der Waals surface area contributed by atoms with Crippen molar-refractivity contribution >= 4 is 22.8 Å². The Morgan fingerprint density at radius 1 is 0.889 bits per heavy atom. The first-order chi connectivity index (χ1) is 12.3. The van der Waals surface area contributed by atoms with E-state index in [1.54, 1.807) is 24.3 Å². The lowest BCUT2D eigenvalue weighted by atomic mass is 10.1. The molecule has 2 aromatic rings. The Labute approximate surface area is 147 Å². The van der Waals surface area contributed by atoms with Crippen molar-refractivity contribution < 1.29 is 45.1 Å². The third-order valence-electron chi connectivity index (χ3n) is 3.54. The van der Waals surface area contributed by atoms with Gasteiger partial charge in [0, 0.05) is 12.4 Å². The number of carbonyl (C=O) groups excluding carboxylic acids is 2. The summed E-state index contributed by atoms with van der Waals surface area (Å²) >= 11 is 0. The van der Waals surface area contributed by atoms with Gasteiger partial charge in [-0.1, -0.05) is 36.4 Å². The maximum Gasteiger partial charge on any atom is 0.460 e. The summed E-state index contributed by atoms with van der Waals surface area (Å²) < 4.78 is 93.9. The molecule has 4 nitrogen and oxygen atoms in total. The number of amides is 2. The minimum atomic E-state index is -6.70. The highest BCUT2D eigenvalue weighted by molar-refractivity contribution is 5.98. The summed E-state index contributed by atoms with van der Waals surface area (Å²) in [4.78, 5) is 22.7. The molecule has 2 amide bonds. The zero-order chi connectivity index (χ0) is 20.6. The van der Waals surface area contributed by atoms with E-state index in [9.17, 15) is 40.3 Å². The third kappa shape index (κ3) is 3.53. The topological polar surface area (TPSA) is 46.6 Å². The Bertz CT molecular complexity index is 874. The second kappa shape index (κ2) is 6.71. The largest absolute Gasteiger partial charge is 0.460 e. The van der Waals surface area contributed by atoms with Crippen LogP contribution in [-0.4, -0.2) is 42.0 Å². The zero-order valence-electron chi connectivity index (χ0n) is 13.4. The molecule has 0 saturated heterocycles. The SMILES string of the molecule is CN(C(=O)Oc1cccc2ccccc12)C(=O)C(F)(F)C(F)(F)C(F)(F)F. The Kier molecular flexibility index (Phi) is 5.08. The second-order valence-corrected chi connectivity index (χ2v) is 5.36. The Morgan fingerprint density at radius 2 is 1.44 bits per heavy atom. The molecule has 0 aromatic heterocycles. The first kappa shape index (κ1) is 20.5. The number of rotatable bonds is 3. The smallest absolute Gasteiger partial charge is 0.409 e. The van der Waals surface area contributed by atoms with Crippen LogP contribution in [0.4, 0.5) is 35.5 Å². The lowest BCUT2D eigenvalue weighted by molar-refractivity contribution is -0.345. The number of hydrogen-bond acceptors (Lipinski definition) is 3. The summed E-state index contributed by atoms with van der Waals surface area (Å²) in [5, 5.41) is 0.882. The van der Waals surface area contributed by atoms with Crippen molar-refractivity contribution in [3.05, 3.63) is 42.5 Å². The fourth-order valence-corrected chi connectivity index (χ4v) is 2.05. The van der Waals surface area contributed by atoms with Crippen molar-refractivity contribution in [2.75, 3.05) is 7.05 Å². The van der Waals surface area contributed by atoms with E-state index in [2.05, 4.69) is 0 Å². The lowest BCUT2D eigenvalue weighted by Crippen LogP contribution is -2.60. The number of carbonyl (C=O) groups is 2. The van der Waals surface area contributed by atoms with Crippen molar-refractivity contribution in [3.63, 3.8) is 0 Å². The number of imide groups is 1. The minimum absolute atomic E-state index is 0.205. The molecular weight excluding hydrogens is 387 g/mol. The number of benzene rings is 2. The molecule has 0 unspecified atom stereocenters. The molecule has 146 valence electrons. The lowest BCUT2D eigenvalue weighted by Gasteiger charge is -2.29. The summed E-state index contributed by atoms with van der Waals surface area (Å²) in [7, 11) is 0.302. The van der Waals surface area contributed by atoms with Gasteiger partial charge in [0.15, 0.2) is 0 Å². The minimum Gasteiger partial charge on any atom is -0.409 e. The predicted octanol–water partition coefficient (Wildman–Crippen LogP) is 4.63. The molecular formula is C16H10F7NO3. The van der Waals surface area contributed by atoms with E-state index in [4.69, 9.17) is 4.74 Å². The fourth-order valence-electron chi connectivity index (χ4n) is 2.05. The third-order valence-corrected chi connectivity index (χ3v) is 3.54. The van der Waals surface area contributed by atoms with Gasteiger partial charge in [0.25, 0.3) is 0 Å². The Balaban J connectivity index is 2.27. The van der Waals surface area contributed by atoms with E-state index >= 15 is 0 Å².